The predicted octanol–water partition coefficient (Wildman–Crippen LogP) is 3.42. The Kier molecular flexibility index (Phi) is 8.88. The van der Waals surface area contributed by atoms with Crippen LogP contribution in [0.5, 0.6) is 0 Å². The highest BCUT2D eigenvalue weighted by molar-refractivity contribution is 6.02. The fourth-order valence-corrected chi connectivity index (χ4v) is 2.09. The number of hydrogen-bond acceptors (Lipinski definition) is 5. The maximum atomic E-state index is 11.6. The van der Waals surface area contributed by atoms with Gasteiger partial charge in [0.05, 0.1) is 28.9 Å². The van der Waals surface area contributed by atoms with Crippen LogP contribution in [-0.2, 0) is 4.74 Å². The number of hydrogen-bond donors (Lipinski definition) is 3. The normalized spacial score (nSPS) is 9.61. The van der Waals surface area contributed by atoms with Crippen molar-refractivity contribution in [2.45, 2.75) is 19.8 Å². The van der Waals surface area contributed by atoms with Crippen molar-refractivity contribution >= 4 is 23.9 Å². The molecule has 2 aromatic rings. The molecule has 2 rings (SSSR count). The summed E-state index contributed by atoms with van der Waals surface area (Å²) in [5, 5.41) is 26.0. The van der Waals surface area contributed by atoms with Crippen LogP contribution in [-0.4, -0.2) is 45.8 Å². The Morgan fingerprint density at radius 2 is 1.07 bits per heavy atom. The van der Waals surface area contributed by atoms with Crippen molar-refractivity contribution in [1.29, 1.82) is 0 Å². The van der Waals surface area contributed by atoms with Crippen molar-refractivity contribution in [2.24, 2.45) is 0 Å². The van der Waals surface area contributed by atoms with Crippen LogP contribution < -0.4 is 0 Å². The zero-order valence-corrected chi connectivity index (χ0v) is 15.1. The summed E-state index contributed by atoms with van der Waals surface area (Å²) in [5.41, 5.74) is -0.301. The first-order chi connectivity index (χ1) is 13.3. The minimum Gasteiger partial charge on any atom is -0.478 e. The van der Waals surface area contributed by atoms with Gasteiger partial charge >= 0.3 is 23.9 Å². The van der Waals surface area contributed by atoms with E-state index in [1.54, 1.807) is 12.1 Å². The lowest BCUT2D eigenvalue weighted by molar-refractivity contribution is 0.0489. The summed E-state index contributed by atoms with van der Waals surface area (Å²) in [7, 11) is 0. The van der Waals surface area contributed by atoms with E-state index in [4.69, 9.17) is 20.1 Å². The smallest absolute Gasteiger partial charge is 0.339 e. The number of benzene rings is 2. The summed E-state index contributed by atoms with van der Waals surface area (Å²) in [5.74, 6) is -4.16. The van der Waals surface area contributed by atoms with Crippen LogP contribution in [0.4, 0.5) is 0 Å². The number of carboxylic acids is 3. The molecule has 0 saturated heterocycles. The Hall–Kier alpha value is -3.68. The molecule has 0 radical (unpaired) electrons. The molecule has 3 N–H and O–H groups in total. The maximum absolute atomic E-state index is 11.6. The number of rotatable bonds is 7. The summed E-state index contributed by atoms with van der Waals surface area (Å²) in [6.45, 7) is 2.31. The van der Waals surface area contributed by atoms with E-state index >= 15 is 0 Å². The molecule has 148 valence electrons. The summed E-state index contributed by atoms with van der Waals surface area (Å²) in [4.78, 5) is 43.3. The first-order valence-electron chi connectivity index (χ1n) is 8.34. The van der Waals surface area contributed by atoms with Crippen LogP contribution in [0, 0.1) is 0 Å². The van der Waals surface area contributed by atoms with Gasteiger partial charge in [-0.15, -0.1) is 0 Å². The van der Waals surface area contributed by atoms with Gasteiger partial charge in [-0.1, -0.05) is 37.6 Å². The van der Waals surface area contributed by atoms with Gasteiger partial charge in [-0.3, -0.25) is 0 Å². The average molecular weight is 388 g/mol. The van der Waals surface area contributed by atoms with E-state index in [0.717, 1.165) is 12.8 Å². The molecular weight excluding hydrogens is 368 g/mol. The fourth-order valence-electron chi connectivity index (χ4n) is 2.09. The molecular formula is C20H20O8. The van der Waals surface area contributed by atoms with Crippen molar-refractivity contribution in [3.05, 3.63) is 70.8 Å². The SMILES string of the molecule is CCCCOC(=O)c1ccccc1C(=O)O.O=C(O)c1ccccc1C(=O)O. The van der Waals surface area contributed by atoms with E-state index < -0.39 is 23.9 Å². The van der Waals surface area contributed by atoms with E-state index in [-0.39, 0.29) is 22.3 Å². The third kappa shape index (κ3) is 6.56. The van der Waals surface area contributed by atoms with Crippen molar-refractivity contribution in [2.75, 3.05) is 6.61 Å². The van der Waals surface area contributed by atoms with Gasteiger partial charge in [-0.25, -0.2) is 19.2 Å². The first kappa shape index (κ1) is 22.4. The second-order valence-electron chi connectivity index (χ2n) is 5.50. The van der Waals surface area contributed by atoms with Crippen LogP contribution in [0.1, 0.15) is 61.2 Å². The monoisotopic (exact) mass is 388 g/mol. The van der Waals surface area contributed by atoms with Gasteiger partial charge in [0, 0.05) is 0 Å². The molecule has 0 bridgehead atoms. The van der Waals surface area contributed by atoms with E-state index in [0.29, 0.717) is 6.61 Å². The largest absolute Gasteiger partial charge is 0.478 e. The van der Waals surface area contributed by atoms with E-state index in [1.807, 2.05) is 6.92 Å². The van der Waals surface area contributed by atoms with Gasteiger partial charge in [0.2, 0.25) is 0 Å². The lowest BCUT2D eigenvalue weighted by atomic mass is 10.1. The second-order valence-corrected chi connectivity index (χ2v) is 5.50. The van der Waals surface area contributed by atoms with Crippen molar-refractivity contribution < 1.29 is 39.2 Å². The minimum atomic E-state index is -1.23. The number of carboxylic acid groups (broad SMARTS) is 3. The molecule has 0 amide bonds. The molecule has 0 aliphatic carbocycles. The molecule has 0 atom stereocenters. The summed E-state index contributed by atoms with van der Waals surface area (Å²) in [6, 6.07) is 11.5. The van der Waals surface area contributed by atoms with Crippen LogP contribution in [0.15, 0.2) is 48.5 Å². The highest BCUT2D eigenvalue weighted by Gasteiger charge is 2.16. The Balaban J connectivity index is 0.000000292. The van der Waals surface area contributed by atoms with Crippen LogP contribution >= 0.6 is 0 Å². The standard InChI is InChI=1S/C12H14O4.C8H6O4/c1-2-3-8-16-12(15)10-7-5-4-6-9(10)11(13)14;9-7(10)5-3-1-2-4-6(5)8(11)12/h4-7H,2-3,8H2,1H3,(H,13,14);1-4H,(H,9,10)(H,11,12). The molecule has 0 aliphatic rings. The summed E-state index contributed by atoms with van der Waals surface area (Å²) < 4.78 is 4.96. The van der Waals surface area contributed by atoms with E-state index in [1.165, 1.54) is 36.4 Å². The van der Waals surface area contributed by atoms with Crippen LogP contribution in [0.3, 0.4) is 0 Å². The Labute approximate surface area is 161 Å². The number of esters is 1. The van der Waals surface area contributed by atoms with Gasteiger partial charge in [0.15, 0.2) is 0 Å². The van der Waals surface area contributed by atoms with Crippen LogP contribution in [0.2, 0.25) is 0 Å². The molecule has 0 aromatic heterocycles. The molecule has 28 heavy (non-hydrogen) atoms. The minimum absolute atomic E-state index is 0.0241. The van der Waals surface area contributed by atoms with Crippen molar-refractivity contribution in [3.63, 3.8) is 0 Å². The molecule has 8 nitrogen and oxygen atoms in total. The molecule has 0 fully saturated rings. The summed E-state index contributed by atoms with van der Waals surface area (Å²) >= 11 is 0. The Bertz CT molecular complexity index is 824. The molecule has 0 aliphatic heterocycles. The number of unbranched alkanes of at least 4 members (excludes halogenated alkanes) is 1. The van der Waals surface area contributed by atoms with Gasteiger partial charge in [-0.05, 0) is 30.7 Å². The first-order valence-corrected chi connectivity index (χ1v) is 8.34. The van der Waals surface area contributed by atoms with E-state index in [2.05, 4.69) is 0 Å². The van der Waals surface area contributed by atoms with Crippen molar-refractivity contribution in [3.8, 4) is 0 Å². The van der Waals surface area contributed by atoms with Gasteiger partial charge in [0.25, 0.3) is 0 Å². The lowest BCUT2D eigenvalue weighted by Gasteiger charge is -2.06. The number of aromatic carboxylic acids is 3. The molecule has 0 spiro atoms. The number of carbonyl (C=O) groups is 4. The zero-order chi connectivity index (χ0) is 21.1. The Morgan fingerprint density at radius 1 is 0.714 bits per heavy atom. The van der Waals surface area contributed by atoms with E-state index in [9.17, 15) is 19.2 Å². The van der Waals surface area contributed by atoms with Gasteiger partial charge < -0.3 is 20.1 Å². The number of ether oxygens (including phenoxy) is 1. The van der Waals surface area contributed by atoms with Crippen LogP contribution in [0.25, 0.3) is 0 Å². The fraction of sp³-hybridized carbons (Fsp3) is 0.200. The molecule has 0 saturated carbocycles. The average Bonchev–Trinajstić information content (AvgIpc) is 2.68. The zero-order valence-electron chi connectivity index (χ0n) is 15.1. The maximum Gasteiger partial charge on any atom is 0.339 e. The quantitative estimate of drug-likeness (QED) is 0.484. The third-order valence-corrected chi connectivity index (χ3v) is 3.50. The van der Waals surface area contributed by atoms with Gasteiger partial charge in [-0.2, -0.15) is 0 Å². The molecule has 0 unspecified atom stereocenters. The predicted molar refractivity (Wildman–Crippen MR) is 99.0 cm³/mol. The topological polar surface area (TPSA) is 138 Å². The molecule has 2 aromatic carbocycles. The summed E-state index contributed by atoms with van der Waals surface area (Å²) in [6.07, 6.45) is 1.70. The highest BCUT2D eigenvalue weighted by atomic mass is 16.5. The van der Waals surface area contributed by atoms with Gasteiger partial charge in [0.1, 0.15) is 0 Å². The Morgan fingerprint density at radius 3 is 1.43 bits per heavy atom. The second kappa shape index (κ2) is 11.1. The number of carbonyl (C=O) groups excluding carboxylic acids is 1. The highest BCUT2D eigenvalue weighted by Crippen LogP contribution is 2.10. The molecule has 8 heteroatoms. The third-order valence-electron chi connectivity index (χ3n) is 3.50. The lowest BCUT2D eigenvalue weighted by Crippen LogP contribution is -2.12. The van der Waals surface area contributed by atoms with Crippen molar-refractivity contribution in [1.82, 2.24) is 0 Å². The molecule has 0 heterocycles.